The fourth-order valence-electron chi connectivity index (χ4n) is 3.13. The highest BCUT2D eigenvalue weighted by Gasteiger charge is 2.41. The Bertz CT molecular complexity index is 602. The number of anilines is 1. The van der Waals surface area contributed by atoms with Crippen LogP contribution in [0.1, 0.15) is 12.8 Å². The van der Waals surface area contributed by atoms with Crippen LogP contribution in [0.15, 0.2) is 30.3 Å². The average Bonchev–Trinajstić information content (AvgIpc) is 2.84. The molecule has 2 heterocycles. The van der Waals surface area contributed by atoms with Gasteiger partial charge in [-0.1, -0.05) is 18.2 Å². The van der Waals surface area contributed by atoms with Gasteiger partial charge in [0.25, 0.3) is 5.91 Å². The molecule has 0 unspecified atom stereocenters. The molecule has 0 spiro atoms. The molecule has 3 rings (SSSR count). The van der Waals surface area contributed by atoms with Gasteiger partial charge in [-0.15, -0.1) is 0 Å². The van der Waals surface area contributed by atoms with Crippen LogP contribution in [0.4, 0.5) is 10.5 Å². The first-order valence-corrected chi connectivity index (χ1v) is 7.48. The van der Waals surface area contributed by atoms with Gasteiger partial charge in [0.05, 0.1) is 18.3 Å². The molecule has 2 aliphatic heterocycles. The topological polar surface area (TPSA) is 67.7 Å². The van der Waals surface area contributed by atoms with Gasteiger partial charge in [-0.25, -0.2) is 9.69 Å². The number of likely N-dealkylation sites (tertiary alicyclic amines) is 1. The quantitative estimate of drug-likeness (QED) is 0.625. The molecule has 114 valence electrons. The van der Waals surface area contributed by atoms with E-state index >= 15 is 0 Å². The molecule has 0 N–H and O–H groups in total. The van der Waals surface area contributed by atoms with Gasteiger partial charge in [-0.2, -0.15) is 5.26 Å². The molecule has 0 saturated carbocycles. The van der Waals surface area contributed by atoms with Crippen LogP contribution in [0.3, 0.4) is 0 Å². The van der Waals surface area contributed by atoms with Gasteiger partial charge in [-0.3, -0.25) is 9.69 Å². The molecule has 0 aromatic heterocycles. The Hall–Kier alpha value is -2.39. The van der Waals surface area contributed by atoms with Crippen molar-refractivity contribution in [3.05, 3.63) is 30.3 Å². The van der Waals surface area contributed by atoms with E-state index in [2.05, 4.69) is 11.0 Å². The number of nitriles is 1. The second-order valence-electron chi connectivity index (χ2n) is 5.64. The minimum atomic E-state index is -0.227. The largest absolute Gasteiger partial charge is 0.332 e. The smallest absolute Gasteiger partial charge is 0.312 e. The molecule has 22 heavy (non-hydrogen) atoms. The van der Waals surface area contributed by atoms with Crippen molar-refractivity contribution in [1.82, 2.24) is 9.80 Å². The Balaban J connectivity index is 1.69. The average molecular weight is 298 g/mol. The van der Waals surface area contributed by atoms with E-state index in [1.807, 2.05) is 18.2 Å². The monoisotopic (exact) mass is 298 g/mol. The van der Waals surface area contributed by atoms with Crippen LogP contribution < -0.4 is 4.90 Å². The molecule has 3 amide bonds. The van der Waals surface area contributed by atoms with E-state index < -0.39 is 0 Å². The minimum absolute atomic E-state index is 0.0834. The summed E-state index contributed by atoms with van der Waals surface area (Å²) in [6.45, 7) is 2.16. The third-order valence-electron chi connectivity index (χ3n) is 4.30. The van der Waals surface area contributed by atoms with E-state index in [1.165, 1.54) is 4.90 Å². The van der Waals surface area contributed by atoms with Crippen molar-refractivity contribution in [3.8, 4) is 6.07 Å². The van der Waals surface area contributed by atoms with Crippen molar-refractivity contribution < 1.29 is 9.59 Å². The number of urea groups is 1. The lowest BCUT2D eigenvalue weighted by atomic mass is 10.0. The third-order valence-corrected chi connectivity index (χ3v) is 4.30. The van der Waals surface area contributed by atoms with E-state index in [1.54, 1.807) is 17.0 Å². The maximum atomic E-state index is 12.6. The molecule has 0 aliphatic carbocycles. The molecular formula is C16H18N4O2. The number of nitrogens with zero attached hydrogens (tertiary/aromatic N) is 4. The molecule has 2 fully saturated rings. The molecule has 6 nitrogen and oxygen atoms in total. The van der Waals surface area contributed by atoms with Crippen LogP contribution in [0, 0.1) is 11.3 Å². The first-order valence-electron chi connectivity index (χ1n) is 7.48. The fraction of sp³-hybridized carbons (Fsp3) is 0.438. The summed E-state index contributed by atoms with van der Waals surface area (Å²) in [7, 11) is 0. The summed E-state index contributed by atoms with van der Waals surface area (Å²) < 4.78 is 0. The maximum Gasteiger partial charge on any atom is 0.332 e. The summed E-state index contributed by atoms with van der Waals surface area (Å²) in [5.74, 6) is -0.171. The van der Waals surface area contributed by atoms with Crippen molar-refractivity contribution in [2.75, 3.05) is 31.1 Å². The minimum Gasteiger partial charge on any atom is -0.312 e. The Morgan fingerprint density at radius 1 is 1.14 bits per heavy atom. The number of benzene rings is 1. The van der Waals surface area contributed by atoms with E-state index in [4.69, 9.17) is 5.26 Å². The molecule has 6 heteroatoms. The number of rotatable bonds is 3. The zero-order valence-electron chi connectivity index (χ0n) is 12.3. The van der Waals surface area contributed by atoms with Crippen LogP contribution in [0.5, 0.6) is 0 Å². The van der Waals surface area contributed by atoms with E-state index in [0.29, 0.717) is 12.2 Å². The summed E-state index contributed by atoms with van der Waals surface area (Å²) in [5.41, 5.74) is 0.627. The zero-order valence-corrected chi connectivity index (χ0v) is 12.3. The van der Waals surface area contributed by atoms with Gasteiger partial charge in [-0.05, 0) is 25.0 Å². The number of para-hydroxylation sites is 1. The van der Waals surface area contributed by atoms with E-state index in [-0.39, 0.29) is 24.5 Å². The Morgan fingerprint density at radius 2 is 1.82 bits per heavy atom. The first kappa shape index (κ1) is 14.5. The normalized spacial score (nSPS) is 20.5. The van der Waals surface area contributed by atoms with Crippen molar-refractivity contribution >= 4 is 17.6 Å². The SMILES string of the molecule is N#CCN1CCC(N2CC(=O)N(c3ccccc3)C2=O)CC1. The van der Waals surface area contributed by atoms with E-state index in [9.17, 15) is 9.59 Å². The van der Waals surface area contributed by atoms with Crippen molar-refractivity contribution in [1.29, 1.82) is 5.26 Å². The number of hydrogen-bond donors (Lipinski definition) is 0. The predicted molar refractivity (Wildman–Crippen MR) is 81.1 cm³/mol. The molecule has 0 radical (unpaired) electrons. The number of imide groups is 1. The molecule has 0 bridgehead atoms. The van der Waals surface area contributed by atoms with Gasteiger partial charge >= 0.3 is 6.03 Å². The zero-order chi connectivity index (χ0) is 15.5. The van der Waals surface area contributed by atoms with Crippen molar-refractivity contribution in [2.24, 2.45) is 0 Å². The molecule has 0 atom stereocenters. The van der Waals surface area contributed by atoms with Gasteiger partial charge < -0.3 is 4.90 Å². The number of carbonyl (C=O) groups is 2. The summed E-state index contributed by atoms with van der Waals surface area (Å²) in [6, 6.07) is 11.0. The lowest BCUT2D eigenvalue weighted by Gasteiger charge is -2.35. The lowest BCUT2D eigenvalue weighted by Crippen LogP contribution is -2.46. The molecule has 2 saturated heterocycles. The Labute approximate surface area is 129 Å². The second kappa shape index (κ2) is 6.16. The molecule has 1 aromatic carbocycles. The number of amides is 3. The van der Waals surface area contributed by atoms with Gasteiger partial charge in [0.1, 0.15) is 6.54 Å². The van der Waals surface area contributed by atoms with E-state index in [0.717, 1.165) is 25.9 Å². The van der Waals surface area contributed by atoms with Crippen molar-refractivity contribution in [3.63, 3.8) is 0 Å². The number of carbonyl (C=O) groups excluding carboxylic acids is 2. The molecule has 1 aromatic rings. The third kappa shape index (κ3) is 2.68. The van der Waals surface area contributed by atoms with Crippen molar-refractivity contribution in [2.45, 2.75) is 18.9 Å². The molecule has 2 aliphatic rings. The highest BCUT2D eigenvalue weighted by Crippen LogP contribution is 2.26. The highest BCUT2D eigenvalue weighted by molar-refractivity contribution is 6.19. The summed E-state index contributed by atoms with van der Waals surface area (Å²) in [5, 5.41) is 8.73. The van der Waals surface area contributed by atoms with Crippen LogP contribution in [-0.4, -0.2) is 54.0 Å². The summed E-state index contributed by atoms with van der Waals surface area (Å²) in [4.78, 5) is 29.8. The first-order chi connectivity index (χ1) is 10.7. The van der Waals surface area contributed by atoms with Crippen LogP contribution in [-0.2, 0) is 4.79 Å². The Morgan fingerprint density at radius 3 is 2.45 bits per heavy atom. The second-order valence-corrected chi connectivity index (χ2v) is 5.64. The fourth-order valence-corrected chi connectivity index (χ4v) is 3.13. The highest BCUT2D eigenvalue weighted by atomic mass is 16.2. The predicted octanol–water partition coefficient (Wildman–Crippen LogP) is 1.44. The maximum absolute atomic E-state index is 12.6. The standard InChI is InChI=1S/C16H18N4O2/c17-8-11-18-9-6-13(7-10-18)19-12-15(21)20(16(19)22)14-4-2-1-3-5-14/h1-5,13H,6-7,9-12H2. The lowest BCUT2D eigenvalue weighted by molar-refractivity contribution is -0.116. The van der Waals surface area contributed by atoms with Gasteiger partial charge in [0.15, 0.2) is 0 Å². The van der Waals surface area contributed by atoms with Crippen LogP contribution >= 0.6 is 0 Å². The van der Waals surface area contributed by atoms with Crippen LogP contribution in [0.2, 0.25) is 0 Å². The van der Waals surface area contributed by atoms with Gasteiger partial charge in [0, 0.05) is 19.1 Å². The number of piperidine rings is 1. The van der Waals surface area contributed by atoms with Gasteiger partial charge in [0.2, 0.25) is 0 Å². The Kier molecular flexibility index (Phi) is 4.07. The van der Waals surface area contributed by atoms with Crippen LogP contribution in [0.25, 0.3) is 0 Å². The summed E-state index contributed by atoms with van der Waals surface area (Å²) in [6.07, 6.45) is 1.62. The number of hydrogen-bond acceptors (Lipinski definition) is 4. The molecular weight excluding hydrogens is 280 g/mol. The summed E-state index contributed by atoms with van der Waals surface area (Å²) >= 11 is 0.